The minimum atomic E-state index is 0.540. The van der Waals surface area contributed by atoms with Crippen molar-refractivity contribution >= 4 is 22.5 Å². The van der Waals surface area contributed by atoms with Gasteiger partial charge in [-0.2, -0.15) is 0 Å². The van der Waals surface area contributed by atoms with Crippen molar-refractivity contribution in [2.24, 2.45) is 5.73 Å². The van der Waals surface area contributed by atoms with E-state index in [9.17, 15) is 0 Å². The molecule has 20 heavy (non-hydrogen) atoms. The SMILES string of the molecule is NCc1cn(CCc2cccnc2)c2cc(Cl)ccc12. The van der Waals surface area contributed by atoms with Crippen LogP contribution in [-0.4, -0.2) is 9.55 Å². The molecule has 0 spiro atoms. The second-order valence-corrected chi connectivity index (χ2v) is 5.26. The molecule has 0 atom stereocenters. The van der Waals surface area contributed by atoms with Crippen LogP contribution >= 0.6 is 11.6 Å². The van der Waals surface area contributed by atoms with E-state index < -0.39 is 0 Å². The number of halogens is 1. The number of aryl methyl sites for hydroxylation is 2. The van der Waals surface area contributed by atoms with Gasteiger partial charge in [0.2, 0.25) is 0 Å². The number of nitrogens with zero attached hydrogens (tertiary/aromatic N) is 2. The molecule has 4 heteroatoms. The largest absolute Gasteiger partial charge is 0.347 e. The fraction of sp³-hybridized carbons (Fsp3) is 0.188. The van der Waals surface area contributed by atoms with E-state index in [2.05, 4.69) is 21.8 Å². The molecule has 3 aromatic rings. The Morgan fingerprint density at radius 1 is 1.25 bits per heavy atom. The van der Waals surface area contributed by atoms with E-state index in [0.717, 1.165) is 29.1 Å². The Hall–Kier alpha value is -1.84. The monoisotopic (exact) mass is 285 g/mol. The van der Waals surface area contributed by atoms with Gasteiger partial charge in [-0.25, -0.2) is 0 Å². The fourth-order valence-corrected chi connectivity index (χ4v) is 2.65. The van der Waals surface area contributed by atoms with Crippen molar-refractivity contribution in [3.05, 3.63) is 65.1 Å². The van der Waals surface area contributed by atoms with Gasteiger partial charge in [-0.1, -0.05) is 23.7 Å². The lowest BCUT2D eigenvalue weighted by Crippen LogP contribution is -2.00. The van der Waals surface area contributed by atoms with Gasteiger partial charge >= 0.3 is 0 Å². The molecule has 1 aromatic carbocycles. The molecule has 0 aliphatic rings. The lowest BCUT2D eigenvalue weighted by molar-refractivity contribution is 0.718. The van der Waals surface area contributed by atoms with Crippen LogP contribution < -0.4 is 5.73 Å². The Kier molecular flexibility index (Phi) is 3.72. The van der Waals surface area contributed by atoms with E-state index in [1.807, 2.05) is 30.5 Å². The number of nitrogens with two attached hydrogens (primary N) is 1. The van der Waals surface area contributed by atoms with E-state index in [4.69, 9.17) is 17.3 Å². The lowest BCUT2D eigenvalue weighted by Gasteiger charge is -2.05. The molecule has 3 rings (SSSR count). The van der Waals surface area contributed by atoms with Crippen LogP contribution in [0.2, 0.25) is 5.02 Å². The Labute approximate surface area is 123 Å². The quantitative estimate of drug-likeness (QED) is 0.798. The third-order valence-electron chi connectivity index (χ3n) is 3.51. The van der Waals surface area contributed by atoms with Crippen molar-refractivity contribution < 1.29 is 0 Å². The first kappa shape index (κ1) is 13.2. The summed E-state index contributed by atoms with van der Waals surface area (Å²) in [6.45, 7) is 1.43. The summed E-state index contributed by atoms with van der Waals surface area (Å²) in [7, 11) is 0. The first-order chi connectivity index (χ1) is 9.78. The van der Waals surface area contributed by atoms with Gasteiger partial charge in [0.1, 0.15) is 0 Å². The third-order valence-corrected chi connectivity index (χ3v) is 3.75. The Balaban J connectivity index is 1.93. The summed E-state index contributed by atoms with van der Waals surface area (Å²) in [6.07, 6.45) is 6.76. The van der Waals surface area contributed by atoms with E-state index in [0.29, 0.717) is 6.54 Å². The number of hydrogen-bond donors (Lipinski definition) is 1. The second kappa shape index (κ2) is 5.65. The molecule has 0 saturated heterocycles. The van der Waals surface area contributed by atoms with Gasteiger partial charge in [0.15, 0.2) is 0 Å². The highest BCUT2D eigenvalue weighted by Gasteiger charge is 2.08. The first-order valence-corrected chi connectivity index (χ1v) is 7.02. The standard InChI is InChI=1S/C16H16ClN3/c17-14-3-4-15-13(9-18)11-20(16(15)8-14)7-5-12-2-1-6-19-10-12/h1-4,6,8,10-11H,5,7,9,18H2. The minimum absolute atomic E-state index is 0.540. The van der Waals surface area contributed by atoms with Crippen LogP contribution in [0.15, 0.2) is 48.9 Å². The van der Waals surface area contributed by atoms with Crippen molar-refractivity contribution in [2.75, 3.05) is 0 Å². The highest BCUT2D eigenvalue weighted by molar-refractivity contribution is 6.31. The maximum Gasteiger partial charge on any atom is 0.0498 e. The summed E-state index contributed by atoms with van der Waals surface area (Å²) < 4.78 is 2.22. The van der Waals surface area contributed by atoms with Gasteiger partial charge in [-0.15, -0.1) is 0 Å². The first-order valence-electron chi connectivity index (χ1n) is 6.64. The molecular formula is C16H16ClN3. The number of aromatic nitrogens is 2. The molecule has 3 nitrogen and oxygen atoms in total. The number of rotatable bonds is 4. The summed E-state index contributed by atoms with van der Waals surface area (Å²) in [5.41, 5.74) is 9.34. The molecule has 0 bridgehead atoms. The van der Waals surface area contributed by atoms with Crippen LogP contribution in [0.4, 0.5) is 0 Å². The molecule has 2 heterocycles. The Bertz CT molecular complexity index is 719. The molecular weight excluding hydrogens is 270 g/mol. The maximum atomic E-state index is 6.11. The number of fused-ring (bicyclic) bond motifs is 1. The number of benzene rings is 1. The molecule has 0 unspecified atom stereocenters. The zero-order valence-corrected chi connectivity index (χ0v) is 11.8. The normalized spacial score (nSPS) is 11.1. The summed E-state index contributed by atoms with van der Waals surface area (Å²) in [6, 6.07) is 10.0. The molecule has 0 fully saturated rings. The Morgan fingerprint density at radius 3 is 2.90 bits per heavy atom. The predicted molar refractivity (Wildman–Crippen MR) is 82.8 cm³/mol. The molecule has 2 aromatic heterocycles. The van der Waals surface area contributed by atoms with Crippen molar-refractivity contribution in [1.29, 1.82) is 0 Å². The van der Waals surface area contributed by atoms with Gasteiger partial charge < -0.3 is 10.3 Å². The highest BCUT2D eigenvalue weighted by atomic mass is 35.5. The minimum Gasteiger partial charge on any atom is -0.347 e. The van der Waals surface area contributed by atoms with Gasteiger partial charge in [0, 0.05) is 47.6 Å². The average Bonchev–Trinajstić information content (AvgIpc) is 2.83. The summed E-state index contributed by atoms with van der Waals surface area (Å²) in [5, 5.41) is 1.94. The molecule has 0 aliphatic heterocycles. The maximum absolute atomic E-state index is 6.11. The summed E-state index contributed by atoms with van der Waals surface area (Å²) in [5.74, 6) is 0. The summed E-state index contributed by atoms with van der Waals surface area (Å²) in [4.78, 5) is 4.14. The van der Waals surface area contributed by atoms with Crippen LogP contribution in [0, 0.1) is 0 Å². The zero-order valence-electron chi connectivity index (χ0n) is 11.1. The van der Waals surface area contributed by atoms with Crippen LogP contribution in [0.25, 0.3) is 10.9 Å². The molecule has 2 N–H and O–H groups in total. The smallest absolute Gasteiger partial charge is 0.0498 e. The van der Waals surface area contributed by atoms with Crippen LogP contribution in [0.3, 0.4) is 0 Å². The van der Waals surface area contributed by atoms with Crippen molar-refractivity contribution in [3.63, 3.8) is 0 Å². The van der Waals surface area contributed by atoms with Gasteiger partial charge in [0.25, 0.3) is 0 Å². The summed E-state index contributed by atoms with van der Waals surface area (Å²) >= 11 is 6.11. The molecule has 0 aliphatic carbocycles. The van der Waals surface area contributed by atoms with Crippen LogP contribution in [0.1, 0.15) is 11.1 Å². The van der Waals surface area contributed by atoms with E-state index in [1.165, 1.54) is 10.9 Å². The van der Waals surface area contributed by atoms with Gasteiger partial charge in [-0.05, 0) is 35.7 Å². The van der Waals surface area contributed by atoms with E-state index in [-0.39, 0.29) is 0 Å². The van der Waals surface area contributed by atoms with E-state index >= 15 is 0 Å². The molecule has 0 radical (unpaired) electrons. The fourth-order valence-electron chi connectivity index (χ4n) is 2.48. The average molecular weight is 286 g/mol. The third kappa shape index (κ3) is 2.55. The predicted octanol–water partition coefficient (Wildman–Crippen LogP) is 3.39. The number of hydrogen-bond acceptors (Lipinski definition) is 2. The lowest BCUT2D eigenvalue weighted by atomic mass is 10.2. The number of pyridine rings is 1. The second-order valence-electron chi connectivity index (χ2n) is 4.82. The van der Waals surface area contributed by atoms with E-state index in [1.54, 1.807) is 6.20 Å². The van der Waals surface area contributed by atoms with Crippen molar-refractivity contribution in [3.8, 4) is 0 Å². The van der Waals surface area contributed by atoms with Crippen LogP contribution in [0.5, 0.6) is 0 Å². The van der Waals surface area contributed by atoms with Gasteiger partial charge in [-0.3, -0.25) is 4.98 Å². The van der Waals surface area contributed by atoms with Gasteiger partial charge in [0.05, 0.1) is 0 Å². The van der Waals surface area contributed by atoms with Crippen molar-refractivity contribution in [2.45, 2.75) is 19.5 Å². The highest BCUT2D eigenvalue weighted by Crippen LogP contribution is 2.25. The van der Waals surface area contributed by atoms with Crippen LogP contribution in [-0.2, 0) is 19.5 Å². The molecule has 0 amide bonds. The molecule has 0 saturated carbocycles. The zero-order chi connectivity index (χ0) is 13.9. The topological polar surface area (TPSA) is 43.8 Å². The van der Waals surface area contributed by atoms with Crippen molar-refractivity contribution in [1.82, 2.24) is 9.55 Å². The molecule has 102 valence electrons. The Morgan fingerprint density at radius 2 is 2.15 bits per heavy atom.